The molecule has 3 unspecified atom stereocenters. The second-order valence-corrected chi connectivity index (χ2v) is 4.77. The van der Waals surface area contributed by atoms with Crippen LogP contribution in [0.1, 0.15) is 46.0 Å². The van der Waals surface area contributed by atoms with E-state index in [4.69, 9.17) is 15.2 Å². The highest BCUT2D eigenvalue weighted by Gasteiger charge is 2.29. The summed E-state index contributed by atoms with van der Waals surface area (Å²) < 4.78 is 11.5. The molecule has 0 spiro atoms. The van der Waals surface area contributed by atoms with Gasteiger partial charge in [0.15, 0.2) is 0 Å². The highest BCUT2D eigenvalue weighted by Crippen LogP contribution is 2.27. The van der Waals surface area contributed by atoms with Gasteiger partial charge in [0.2, 0.25) is 0 Å². The smallest absolute Gasteiger partial charge is 0.0777 e. The summed E-state index contributed by atoms with van der Waals surface area (Å²) in [5.74, 6) is 0. The summed E-state index contributed by atoms with van der Waals surface area (Å²) in [6.07, 6.45) is 6.22. The number of ether oxygens (including phenoxy) is 2. The SMILES string of the molecule is CCC(C)(CN)OC1CCCC(OC)C1. The fourth-order valence-corrected chi connectivity index (χ4v) is 2.10. The third kappa shape index (κ3) is 3.74. The molecule has 0 bridgehead atoms. The van der Waals surface area contributed by atoms with Crippen LogP contribution in [0, 0.1) is 0 Å². The van der Waals surface area contributed by atoms with Crippen molar-refractivity contribution in [2.75, 3.05) is 13.7 Å². The monoisotopic (exact) mass is 215 g/mol. The summed E-state index contributed by atoms with van der Waals surface area (Å²) >= 11 is 0. The Bertz CT molecular complexity index is 180. The largest absolute Gasteiger partial charge is 0.381 e. The lowest BCUT2D eigenvalue weighted by molar-refractivity contribution is -0.111. The molecule has 0 amide bonds. The van der Waals surface area contributed by atoms with Crippen molar-refractivity contribution in [2.24, 2.45) is 5.73 Å². The molecule has 0 saturated heterocycles. The Morgan fingerprint density at radius 1 is 1.33 bits per heavy atom. The van der Waals surface area contributed by atoms with E-state index < -0.39 is 0 Å². The molecule has 1 saturated carbocycles. The van der Waals surface area contributed by atoms with Gasteiger partial charge in [-0.2, -0.15) is 0 Å². The summed E-state index contributed by atoms with van der Waals surface area (Å²) in [6.45, 7) is 4.82. The lowest BCUT2D eigenvalue weighted by Gasteiger charge is -2.36. The second-order valence-electron chi connectivity index (χ2n) is 4.77. The van der Waals surface area contributed by atoms with Crippen molar-refractivity contribution >= 4 is 0 Å². The van der Waals surface area contributed by atoms with Crippen LogP contribution in [0.3, 0.4) is 0 Å². The van der Waals surface area contributed by atoms with Crippen LogP contribution >= 0.6 is 0 Å². The average molecular weight is 215 g/mol. The van der Waals surface area contributed by atoms with Crippen LogP contribution in [0.4, 0.5) is 0 Å². The van der Waals surface area contributed by atoms with Crippen molar-refractivity contribution in [3.63, 3.8) is 0 Å². The molecule has 0 heterocycles. The molecular formula is C12H25NO2. The molecule has 1 fully saturated rings. The van der Waals surface area contributed by atoms with Gasteiger partial charge in [-0.3, -0.25) is 0 Å². The number of nitrogens with two attached hydrogens (primary N) is 1. The van der Waals surface area contributed by atoms with Crippen LogP contribution in [0.15, 0.2) is 0 Å². The number of methoxy groups -OCH3 is 1. The maximum atomic E-state index is 6.10. The normalized spacial score (nSPS) is 31.2. The lowest BCUT2D eigenvalue weighted by atomic mass is 9.93. The third-order valence-corrected chi connectivity index (χ3v) is 3.54. The van der Waals surface area contributed by atoms with Gasteiger partial charge in [0.1, 0.15) is 0 Å². The van der Waals surface area contributed by atoms with Crippen molar-refractivity contribution in [2.45, 2.75) is 63.8 Å². The van der Waals surface area contributed by atoms with Gasteiger partial charge in [-0.15, -0.1) is 0 Å². The molecule has 0 aromatic rings. The van der Waals surface area contributed by atoms with E-state index in [0.29, 0.717) is 18.8 Å². The molecular weight excluding hydrogens is 190 g/mol. The first-order valence-electron chi connectivity index (χ1n) is 6.04. The Morgan fingerprint density at radius 3 is 2.53 bits per heavy atom. The molecule has 1 aliphatic carbocycles. The summed E-state index contributed by atoms with van der Waals surface area (Å²) in [5.41, 5.74) is 5.59. The predicted molar refractivity (Wildman–Crippen MR) is 61.9 cm³/mol. The first kappa shape index (κ1) is 12.9. The predicted octanol–water partition coefficient (Wildman–Crippen LogP) is 2.09. The minimum atomic E-state index is -0.152. The van der Waals surface area contributed by atoms with Gasteiger partial charge in [-0.25, -0.2) is 0 Å². The Labute approximate surface area is 93.3 Å². The minimum Gasteiger partial charge on any atom is -0.381 e. The van der Waals surface area contributed by atoms with Gasteiger partial charge in [0, 0.05) is 13.7 Å². The van der Waals surface area contributed by atoms with E-state index in [-0.39, 0.29) is 5.60 Å². The van der Waals surface area contributed by atoms with Crippen molar-refractivity contribution in [3.05, 3.63) is 0 Å². The van der Waals surface area contributed by atoms with Crippen molar-refractivity contribution < 1.29 is 9.47 Å². The van der Waals surface area contributed by atoms with E-state index in [2.05, 4.69) is 13.8 Å². The molecule has 0 aromatic carbocycles. The van der Waals surface area contributed by atoms with E-state index in [9.17, 15) is 0 Å². The molecule has 0 aliphatic heterocycles. The van der Waals surface area contributed by atoms with Crippen molar-refractivity contribution in [1.29, 1.82) is 0 Å². The first-order chi connectivity index (χ1) is 7.13. The summed E-state index contributed by atoms with van der Waals surface area (Å²) in [6, 6.07) is 0. The summed E-state index contributed by atoms with van der Waals surface area (Å²) in [4.78, 5) is 0. The van der Waals surface area contributed by atoms with Gasteiger partial charge in [0.05, 0.1) is 17.8 Å². The average Bonchev–Trinajstić information content (AvgIpc) is 2.29. The van der Waals surface area contributed by atoms with E-state index >= 15 is 0 Å². The topological polar surface area (TPSA) is 44.5 Å². The Hall–Kier alpha value is -0.120. The van der Waals surface area contributed by atoms with Gasteiger partial charge in [0.25, 0.3) is 0 Å². The lowest BCUT2D eigenvalue weighted by Crippen LogP contribution is -2.42. The molecule has 3 atom stereocenters. The second kappa shape index (κ2) is 5.83. The Kier molecular flexibility index (Phi) is 5.03. The fraction of sp³-hybridized carbons (Fsp3) is 1.00. The standard InChI is InChI=1S/C12H25NO2/c1-4-12(2,9-13)15-11-7-5-6-10(8-11)14-3/h10-11H,4-9,13H2,1-3H3. The molecule has 0 aromatic heterocycles. The maximum Gasteiger partial charge on any atom is 0.0777 e. The molecule has 2 N–H and O–H groups in total. The van der Waals surface area contributed by atoms with E-state index in [1.54, 1.807) is 7.11 Å². The fourth-order valence-electron chi connectivity index (χ4n) is 2.10. The first-order valence-corrected chi connectivity index (χ1v) is 6.04. The van der Waals surface area contributed by atoms with Crippen LogP contribution in [-0.4, -0.2) is 31.5 Å². The van der Waals surface area contributed by atoms with Crippen LogP contribution in [0.2, 0.25) is 0 Å². The molecule has 3 heteroatoms. The third-order valence-electron chi connectivity index (χ3n) is 3.54. The highest BCUT2D eigenvalue weighted by molar-refractivity contribution is 4.80. The Morgan fingerprint density at radius 2 is 2.00 bits per heavy atom. The van der Waals surface area contributed by atoms with Gasteiger partial charge in [-0.05, 0) is 39.0 Å². The summed E-state index contributed by atoms with van der Waals surface area (Å²) in [5, 5.41) is 0. The zero-order valence-electron chi connectivity index (χ0n) is 10.3. The zero-order chi connectivity index (χ0) is 11.3. The highest BCUT2D eigenvalue weighted by atomic mass is 16.5. The van der Waals surface area contributed by atoms with Crippen LogP contribution in [-0.2, 0) is 9.47 Å². The van der Waals surface area contributed by atoms with Crippen molar-refractivity contribution in [3.8, 4) is 0 Å². The zero-order valence-corrected chi connectivity index (χ0v) is 10.3. The summed E-state index contributed by atoms with van der Waals surface area (Å²) in [7, 11) is 1.79. The van der Waals surface area contributed by atoms with E-state index in [1.165, 1.54) is 12.8 Å². The molecule has 1 rings (SSSR count). The molecule has 90 valence electrons. The van der Waals surface area contributed by atoms with Crippen LogP contribution < -0.4 is 5.73 Å². The van der Waals surface area contributed by atoms with Gasteiger partial charge < -0.3 is 15.2 Å². The molecule has 3 nitrogen and oxygen atoms in total. The van der Waals surface area contributed by atoms with E-state index in [0.717, 1.165) is 19.3 Å². The van der Waals surface area contributed by atoms with E-state index in [1.807, 2.05) is 0 Å². The molecule has 15 heavy (non-hydrogen) atoms. The van der Waals surface area contributed by atoms with Crippen LogP contribution in [0.25, 0.3) is 0 Å². The molecule has 0 radical (unpaired) electrons. The minimum absolute atomic E-state index is 0.152. The van der Waals surface area contributed by atoms with Crippen LogP contribution in [0.5, 0.6) is 0 Å². The maximum absolute atomic E-state index is 6.10. The van der Waals surface area contributed by atoms with Gasteiger partial charge >= 0.3 is 0 Å². The number of hydrogen-bond donors (Lipinski definition) is 1. The number of rotatable bonds is 5. The van der Waals surface area contributed by atoms with Crippen molar-refractivity contribution in [1.82, 2.24) is 0 Å². The molecule has 1 aliphatic rings. The quantitative estimate of drug-likeness (QED) is 0.763. The number of hydrogen-bond acceptors (Lipinski definition) is 3. The van der Waals surface area contributed by atoms with Gasteiger partial charge in [-0.1, -0.05) is 6.92 Å². The Balaban J connectivity index is 2.43.